The van der Waals surface area contributed by atoms with Crippen molar-refractivity contribution in [3.05, 3.63) is 71.3 Å². The molecule has 1 spiro atoms. The Bertz CT molecular complexity index is 1390. The topological polar surface area (TPSA) is 113 Å². The SMILES string of the molecule is COc1ccc2c3c1O[C@@H]1C[C@@H](OC(=O)[C@@H](CC(=O)OCc4ccccc4)NC(=O)OC(C)(C)C)C=C[C@]31CCN(C)C2. The Morgan fingerprint density at radius 3 is 2.63 bits per heavy atom. The molecule has 0 saturated heterocycles. The van der Waals surface area contributed by atoms with Crippen molar-refractivity contribution in [2.75, 3.05) is 20.7 Å². The molecule has 0 bridgehead atoms. The van der Waals surface area contributed by atoms with Crippen LogP contribution in [0.3, 0.4) is 0 Å². The Morgan fingerprint density at radius 2 is 1.91 bits per heavy atom. The summed E-state index contributed by atoms with van der Waals surface area (Å²) in [6.07, 6.45) is 3.08. The summed E-state index contributed by atoms with van der Waals surface area (Å²) < 4.78 is 28.7. The average molecular weight is 593 g/mol. The minimum atomic E-state index is -1.30. The van der Waals surface area contributed by atoms with E-state index < -0.39 is 42.2 Å². The molecule has 1 amide bonds. The Morgan fingerprint density at radius 1 is 1.14 bits per heavy atom. The van der Waals surface area contributed by atoms with E-state index in [4.69, 9.17) is 23.7 Å². The zero-order valence-corrected chi connectivity index (χ0v) is 25.4. The fourth-order valence-electron chi connectivity index (χ4n) is 5.99. The van der Waals surface area contributed by atoms with Gasteiger partial charge in [0.25, 0.3) is 0 Å². The van der Waals surface area contributed by atoms with Gasteiger partial charge in [0.15, 0.2) is 11.5 Å². The van der Waals surface area contributed by atoms with Crippen LogP contribution in [0.5, 0.6) is 11.5 Å². The highest BCUT2D eigenvalue weighted by atomic mass is 16.6. The number of hydrogen-bond donors (Lipinski definition) is 1. The van der Waals surface area contributed by atoms with E-state index in [1.165, 1.54) is 5.56 Å². The molecule has 0 saturated carbocycles. The van der Waals surface area contributed by atoms with Crippen LogP contribution in [0.4, 0.5) is 4.79 Å². The van der Waals surface area contributed by atoms with Gasteiger partial charge in [0, 0.05) is 18.5 Å². The monoisotopic (exact) mass is 592 g/mol. The summed E-state index contributed by atoms with van der Waals surface area (Å²) in [5, 5.41) is 2.50. The van der Waals surface area contributed by atoms with E-state index in [9.17, 15) is 14.4 Å². The number of esters is 2. The molecule has 3 aliphatic rings. The summed E-state index contributed by atoms with van der Waals surface area (Å²) in [6, 6.07) is 11.9. The lowest BCUT2D eigenvalue weighted by atomic mass is 9.69. The second-order valence-electron chi connectivity index (χ2n) is 12.4. The van der Waals surface area contributed by atoms with Crippen LogP contribution in [-0.4, -0.2) is 67.5 Å². The Hall–Kier alpha value is -4.05. The molecule has 0 unspecified atom stereocenters. The molecule has 0 radical (unpaired) electrons. The van der Waals surface area contributed by atoms with Crippen LogP contribution in [0.1, 0.15) is 56.7 Å². The van der Waals surface area contributed by atoms with Gasteiger partial charge in [-0.25, -0.2) is 9.59 Å². The van der Waals surface area contributed by atoms with Crippen molar-refractivity contribution in [1.29, 1.82) is 0 Å². The van der Waals surface area contributed by atoms with Gasteiger partial charge in [0.1, 0.15) is 30.5 Å². The molecule has 2 heterocycles. The molecule has 10 nitrogen and oxygen atoms in total. The largest absolute Gasteiger partial charge is 0.493 e. The summed E-state index contributed by atoms with van der Waals surface area (Å²) >= 11 is 0. The lowest BCUT2D eigenvalue weighted by Crippen LogP contribution is -2.48. The highest BCUT2D eigenvalue weighted by Gasteiger charge is 2.53. The van der Waals surface area contributed by atoms with Crippen LogP contribution in [0, 0.1) is 0 Å². The van der Waals surface area contributed by atoms with Crippen LogP contribution in [0.15, 0.2) is 54.6 Å². The number of hydrogen-bond acceptors (Lipinski definition) is 9. The molecule has 5 rings (SSSR count). The van der Waals surface area contributed by atoms with E-state index in [0.717, 1.165) is 36.4 Å². The Balaban J connectivity index is 1.31. The summed E-state index contributed by atoms with van der Waals surface area (Å²) in [6.45, 7) is 6.85. The molecular formula is C33H40N2O8. The average Bonchev–Trinajstić information content (AvgIpc) is 3.21. The van der Waals surface area contributed by atoms with Crippen LogP contribution in [0.2, 0.25) is 0 Å². The second-order valence-corrected chi connectivity index (χ2v) is 12.4. The van der Waals surface area contributed by atoms with Crippen molar-refractivity contribution in [3.63, 3.8) is 0 Å². The molecule has 1 aliphatic carbocycles. The number of rotatable bonds is 8. The lowest BCUT2D eigenvalue weighted by Gasteiger charge is -2.37. The van der Waals surface area contributed by atoms with Gasteiger partial charge in [-0.1, -0.05) is 42.5 Å². The van der Waals surface area contributed by atoms with Gasteiger partial charge in [-0.15, -0.1) is 0 Å². The van der Waals surface area contributed by atoms with Gasteiger partial charge < -0.3 is 33.9 Å². The van der Waals surface area contributed by atoms with E-state index in [1.54, 1.807) is 27.9 Å². The van der Waals surface area contributed by atoms with Crippen molar-refractivity contribution in [2.24, 2.45) is 0 Å². The number of alkyl carbamates (subject to hydrolysis) is 1. The van der Waals surface area contributed by atoms with Crippen molar-refractivity contribution < 1.29 is 38.1 Å². The highest BCUT2D eigenvalue weighted by Crippen LogP contribution is 2.55. The summed E-state index contributed by atoms with van der Waals surface area (Å²) in [5.74, 6) is -0.00324. The molecule has 0 fully saturated rings. The number of benzene rings is 2. The van der Waals surface area contributed by atoms with Gasteiger partial charge in [-0.05, 0) is 64.1 Å². The van der Waals surface area contributed by atoms with E-state index in [1.807, 2.05) is 42.5 Å². The van der Waals surface area contributed by atoms with Gasteiger partial charge >= 0.3 is 18.0 Å². The third-order valence-corrected chi connectivity index (χ3v) is 7.99. The molecule has 1 N–H and O–H groups in total. The van der Waals surface area contributed by atoms with E-state index in [2.05, 4.69) is 29.4 Å². The first-order valence-corrected chi connectivity index (χ1v) is 14.6. The summed E-state index contributed by atoms with van der Waals surface area (Å²) in [5.41, 5.74) is 1.96. The summed E-state index contributed by atoms with van der Waals surface area (Å²) in [7, 11) is 3.73. The highest BCUT2D eigenvalue weighted by molar-refractivity contribution is 5.86. The molecule has 2 aromatic rings. The number of nitrogens with zero attached hydrogens (tertiary/aromatic N) is 1. The molecule has 2 aromatic carbocycles. The maximum atomic E-state index is 13.4. The molecular weight excluding hydrogens is 552 g/mol. The van der Waals surface area contributed by atoms with Crippen LogP contribution in [-0.2, 0) is 42.4 Å². The number of carbonyl (C=O) groups excluding carboxylic acids is 3. The van der Waals surface area contributed by atoms with Crippen LogP contribution < -0.4 is 14.8 Å². The van der Waals surface area contributed by atoms with Crippen LogP contribution in [0.25, 0.3) is 0 Å². The fourth-order valence-corrected chi connectivity index (χ4v) is 5.99. The number of nitrogens with one attached hydrogen (secondary N) is 1. The minimum Gasteiger partial charge on any atom is -0.493 e. The third-order valence-electron chi connectivity index (χ3n) is 7.99. The number of carbonyl (C=O) groups is 3. The standard InChI is InChI=1S/C33H40N2O8/c1-32(2,3)43-31(38)34-24(18-27(36)40-20-21-9-7-6-8-10-21)30(37)41-23-13-14-33-15-16-35(4)19-22-11-12-25(39-5)29(28(22)33)42-26(33)17-23/h6-14,23-24,26H,15-20H2,1-5H3,(H,34,38)/t23-,24+,26+,33+/m0/s1. The minimum absolute atomic E-state index is 0.0432. The zero-order valence-electron chi connectivity index (χ0n) is 25.4. The lowest BCUT2D eigenvalue weighted by molar-refractivity contribution is -0.156. The normalized spacial score (nSPS) is 23.1. The summed E-state index contributed by atoms with van der Waals surface area (Å²) in [4.78, 5) is 41.1. The predicted octanol–water partition coefficient (Wildman–Crippen LogP) is 4.43. The molecule has 43 heavy (non-hydrogen) atoms. The quantitative estimate of drug-likeness (QED) is 0.270. The number of ether oxygens (including phenoxy) is 5. The maximum absolute atomic E-state index is 13.4. The smallest absolute Gasteiger partial charge is 0.408 e. The van der Waals surface area contributed by atoms with Crippen molar-refractivity contribution >= 4 is 18.0 Å². The predicted molar refractivity (Wildman–Crippen MR) is 158 cm³/mol. The fraction of sp³-hybridized carbons (Fsp3) is 0.485. The zero-order chi connectivity index (χ0) is 30.8. The molecule has 0 aromatic heterocycles. The van der Waals surface area contributed by atoms with Gasteiger partial charge in [0.2, 0.25) is 0 Å². The third kappa shape index (κ3) is 6.80. The Labute approximate surface area is 252 Å². The maximum Gasteiger partial charge on any atom is 0.408 e. The first kappa shape index (κ1) is 30.4. The molecule has 2 aliphatic heterocycles. The molecule has 10 heteroatoms. The van der Waals surface area contributed by atoms with Gasteiger partial charge in [0.05, 0.1) is 18.9 Å². The second kappa shape index (κ2) is 12.3. The number of methoxy groups -OCH3 is 1. The van der Waals surface area contributed by atoms with Crippen LogP contribution >= 0.6 is 0 Å². The molecule has 4 atom stereocenters. The van der Waals surface area contributed by atoms with E-state index in [0.29, 0.717) is 12.2 Å². The van der Waals surface area contributed by atoms with E-state index >= 15 is 0 Å². The Kier molecular flexibility index (Phi) is 8.69. The van der Waals surface area contributed by atoms with Gasteiger partial charge in [-0.2, -0.15) is 0 Å². The van der Waals surface area contributed by atoms with E-state index in [-0.39, 0.29) is 18.1 Å². The van der Waals surface area contributed by atoms with Crippen molar-refractivity contribution in [2.45, 2.75) is 82.5 Å². The first-order chi connectivity index (χ1) is 20.5. The molecule has 230 valence electrons. The number of amides is 1. The van der Waals surface area contributed by atoms with Gasteiger partial charge in [-0.3, -0.25) is 4.79 Å². The van der Waals surface area contributed by atoms with Crippen molar-refractivity contribution in [3.8, 4) is 11.5 Å². The van der Waals surface area contributed by atoms with Crippen molar-refractivity contribution in [1.82, 2.24) is 10.2 Å². The first-order valence-electron chi connectivity index (χ1n) is 14.6.